The van der Waals surface area contributed by atoms with E-state index in [2.05, 4.69) is 51.8 Å². The highest BCUT2D eigenvalue weighted by atomic mass is 16.5. The van der Waals surface area contributed by atoms with Crippen molar-refractivity contribution in [3.8, 4) is 0 Å². The summed E-state index contributed by atoms with van der Waals surface area (Å²) in [6.07, 6.45) is 9.04. The van der Waals surface area contributed by atoms with Gasteiger partial charge in [-0.2, -0.15) is 0 Å². The van der Waals surface area contributed by atoms with Crippen molar-refractivity contribution in [2.75, 3.05) is 12.4 Å². The molecule has 0 saturated heterocycles. The lowest BCUT2D eigenvalue weighted by molar-refractivity contribution is -0.134. The molecule has 2 saturated carbocycles. The molecule has 2 aliphatic rings. The summed E-state index contributed by atoms with van der Waals surface area (Å²) in [5.41, 5.74) is -0.300. The van der Waals surface area contributed by atoms with Gasteiger partial charge in [0, 0.05) is 25.4 Å². The molecule has 0 aliphatic heterocycles. The van der Waals surface area contributed by atoms with Crippen LogP contribution in [0.1, 0.15) is 63.4 Å². The van der Waals surface area contributed by atoms with Crippen molar-refractivity contribution in [2.24, 2.45) is 23.8 Å². The van der Waals surface area contributed by atoms with Crippen molar-refractivity contribution < 1.29 is 23.9 Å². The summed E-state index contributed by atoms with van der Waals surface area (Å²) in [6.45, 7) is 6.59. The highest BCUT2D eigenvalue weighted by Gasteiger charge is 2.61. The van der Waals surface area contributed by atoms with Gasteiger partial charge in [0.2, 0.25) is 11.8 Å². The second-order valence-electron chi connectivity index (χ2n) is 11.8. The number of methoxy groups -OCH3 is 1. The summed E-state index contributed by atoms with van der Waals surface area (Å²) in [7, 11) is 2.79. The predicted molar refractivity (Wildman–Crippen MR) is 153 cm³/mol. The van der Waals surface area contributed by atoms with Crippen LogP contribution in [0.4, 0.5) is 5.69 Å². The van der Waals surface area contributed by atoms with Gasteiger partial charge in [-0.3, -0.25) is 19.2 Å². The molecule has 4 atom stereocenters. The predicted octanol–water partition coefficient (Wildman–Crippen LogP) is 1.55. The first-order valence-corrected chi connectivity index (χ1v) is 14.1. The Balaban J connectivity index is 1.43. The molecule has 0 aromatic carbocycles. The normalized spacial score (nSPS) is 23.0. The van der Waals surface area contributed by atoms with Crippen LogP contribution in [-0.4, -0.2) is 62.4 Å². The van der Waals surface area contributed by atoms with Crippen molar-refractivity contribution in [2.45, 2.75) is 71.5 Å². The third-order valence-corrected chi connectivity index (χ3v) is 9.37. The van der Waals surface area contributed by atoms with E-state index in [4.69, 9.17) is 0 Å². The van der Waals surface area contributed by atoms with Gasteiger partial charge in [0.15, 0.2) is 0 Å². The van der Waals surface area contributed by atoms with Crippen molar-refractivity contribution >= 4 is 29.4 Å². The smallest absolute Gasteiger partial charge is 0.330 e. The molecule has 4 rings (SSSR count). The number of hydrogen-bond acceptors (Lipinski definition) is 8. The standard InChI is InChI=1S/C29H39N7O6/c1-28(2)18-12-13-29(28,3)22(15-18)33-23(37)17-36-14-8-10-20(27(36)41)32-25(39)19(9-6-7-11-24(38)42-5)31-26(40)21-16-30-34-35(21)4/h7-8,10-11,14,16,18-19,22H,6,9,12-13,15,17H2,1-5H3,(H,31,40)(H,32,39)(H,33,37)/b11-7+/t18-,19+,22+,29+/m1/s1. The summed E-state index contributed by atoms with van der Waals surface area (Å²) >= 11 is 0. The van der Waals surface area contributed by atoms with Gasteiger partial charge in [-0.25, -0.2) is 9.48 Å². The molecule has 42 heavy (non-hydrogen) atoms. The summed E-state index contributed by atoms with van der Waals surface area (Å²) in [4.78, 5) is 63.7. The maximum Gasteiger partial charge on any atom is 0.330 e. The van der Waals surface area contributed by atoms with E-state index in [1.165, 1.54) is 60.4 Å². The molecule has 2 fully saturated rings. The van der Waals surface area contributed by atoms with E-state index < -0.39 is 29.4 Å². The molecule has 2 aliphatic carbocycles. The van der Waals surface area contributed by atoms with E-state index in [9.17, 15) is 24.0 Å². The van der Waals surface area contributed by atoms with E-state index in [0.29, 0.717) is 5.92 Å². The Hall–Kier alpha value is -4.29. The van der Waals surface area contributed by atoms with E-state index in [1.54, 1.807) is 6.07 Å². The highest BCUT2D eigenvalue weighted by molar-refractivity contribution is 6.00. The van der Waals surface area contributed by atoms with Gasteiger partial charge in [0.25, 0.3) is 11.5 Å². The van der Waals surface area contributed by atoms with E-state index in [-0.39, 0.29) is 53.5 Å². The SMILES string of the molecule is COC(=O)/C=C/CC[C@H](NC(=O)c1cnnn1C)C(=O)Nc1cccn(CC(=O)N[C@H]2C[C@H]3CC[C@]2(C)C3(C)C)c1=O. The molecule has 13 heteroatoms. The largest absolute Gasteiger partial charge is 0.466 e. The molecule has 0 unspecified atom stereocenters. The maximum absolute atomic E-state index is 13.3. The van der Waals surface area contributed by atoms with Gasteiger partial charge in [-0.05, 0) is 61.0 Å². The molecule has 2 aromatic rings. The first kappa shape index (κ1) is 30.7. The van der Waals surface area contributed by atoms with E-state index in [1.807, 2.05) is 0 Å². The third-order valence-electron chi connectivity index (χ3n) is 9.37. The zero-order valence-electron chi connectivity index (χ0n) is 24.7. The van der Waals surface area contributed by atoms with Crippen LogP contribution < -0.4 is 21.5 Å². The van der Waals surface area contributed by atoms with Crippen LogP contribution in [0, 0.1) is 16.7 Å². The van der Waals surface area contributed by atoms with Gasteiger partial charge in [-0.15, -0.1) is 5.10 Å². The second kappa shape index (κ2) is 12.3. The molecule has 226 valence electrons. The molecular formula is C29H39N7O6. The second-order valence-corrected chi connectivity index (χ2v) is 11.8. The lowest BCUT2D eigenvalue weighted by Gasteiger charge is -2.39. The number of carbonyl (C=O) groups is 4. The Morgan fingerprint density at radius 2 is 2.00 bits per heavy atom. The van der Waals surface area contributed by atoms with Crippen molar-refractivity contribution in [3.05, 3.63) is 52.7 Å². The van der Waals surface area contributed by atoms with Gasteiger partial charge in [0.05, 0.1) is 13.3 Å². The topological polar surface area (TPSA) is 166 Å². The molecule has 0 spiro atoms. The number of amides is 3. The number of nitrogens with one attached hydrogen (secondary N) is 3. The molecule has 3 N–H and O–H groups in total. The monoisotopic (exact) mass is 581 g/mol. The number of ether oxygens (including phenoxy) is 1. The molecule has 3 amide bonds. The minimum absolute atomic E-state index is 0.00510. The Bertz CT molecular complexity index is 1440. The van der Waals surface area contributed by atoms with Gasteiger partial charge in [-0.1, -0.05) is 32.1 Å². The number of allylic oxidation sites excluding steroid dienone is 1. The lowest BCUT2D eigenvalue weighted by atomic mass is 9.69. The van der Waals surface area contributed by atoms with Crippen molar-refractivity contribution in [3.63, 3.8) is 0 Å². The number of esters is 1. The molecule has 13 nitrogen and oxygen atoms in total. The van der Waals surface area contributed by atoms with Crippen LogP contribution in [-0.2, 0) is 32.7 Å². The zero-order valence-corrected chi connectivity index (χ0v) is 24.7. The minimum atomic E-state index is -1.06. The van der Waals surface area contributed by atoms with Crippen LogP contribution in [0.2, 0.25) is 0 Å². The average Bonchev–Trinajstić information content (AvgIpc) is 3.53. The number of anilines is 1. The van der Waals surface area contributed by atoms with Crippen molar-refractivity contribution in [1.82, 2.24) is 30.2 Å². The summed E-state index contributed by atoms with van der Waals surface area (Å²) in [6, 6.07) is 1.99. The maximum atomic E-state index is 13.3. The fourth-order valence-electron chi connectivity index (χ4n) is 6.30. The third kappa shape index (κ3) is 6.14. The van der Waals surface area contributed by atoms with Crippen molar-refractivity contribution in [1.29, 1.82) is 0 Å². The molecule has 2 bridgehead atoms. The minimum Gasteiger partial charge on any atom is -0.466 e. The fourth-order valence-corrected chi connectivity index (χ4v) is 6.30. The fraction of sp³-hybridized carbons (Fsp3) is 0.552. The number of aromatic nitrogens is 4. The number of fused-ring (bicyclic) bond motifs is 2. The van der Waals surface area contributed by atoms with Gasteiger partial charge >= 0.3 is 5.97 Å². The average molecular weight is 582 g/mol. The number of carbonyl (C=O) groups excluding carboxylic acids is 4. The van der Waals surface area contributed by atoms with Gasteiger partial charge in [0.1, 0.15) is 24.0 Å². The van der Waals surface area contributed by atoms with Crippen LogP contribution in [0.3, 0.4) is 0 Å². The first-order valence-electron chi connectivity index (χ1n) is 14.1. The molecule has 0 radical (unpaired) electrons. The molecule has 2 aromatic heterocycles. The zero-order chi connectivity index (χ0) is 30.7. The van der Waals surface area contributed by atoms with Crippen LogP contribution in [0.15, 0.2) is 41.5 Å². The number of rotatable bonds is 11. The quantitative estimate of drug-likeness (QED) is 0.266. The lowest BCUT2D eigenvalue weighted by Crippen LogP contribution is -2.48. The van der Waals surface area contributed by atoms with E-state index in [0.717, 1.165) is 12.8 Å². The van der Waals surface area contributed by atoms with Crippen LogP contribution >= 0.6 is 0 Å². The Labute approximate surface area is 244 Å². The number of pyridine rings is 1. The Kier molecular flexibility index (Phi) is 8.97. The number of nitrogens with zero attached hydrogens (tertiary/aromatic N) is 4. The number of hydrogen-bond donors (Lipinski definition) is 3. The van der Waals surface area contributed by atoms with Crippen LogP contribution in [0.5, 0.6) is 0 Å². The highest BCUT2D eigenvalue weighted by Crippen LogP contribution is 2.65. The van der Waals surface area contributed by atoms with E-state index >= 15 is 0 Å². The Morgan fingerprint density at radius 3 is 2.62 bits per heavy atom. The van der Waals surface area contributed by atoms with Gasteiger partial charge < -0.3 is 25.3 Å². The molecular weight excluding hydrogens is 542 g/mol. The summed E-state index contributed by atoms with van der Waals surface area (Å²) < 4.78 is 7.08. The Morgan fingerprint density at radius 1 is 1.24 bits per heavy atom. The summed E-state index contributed by atoms with van der Waals surface area (Å²) in [5.74, 6) is -1.47. The molecule has 2 heterocycles. The number of aryl methyl sites for hydroxylation is 1. The van der Waals surface area contributed by atoms with Crippen LogP contribution in [0.25, 0.3) is 0 Å². The summed E-state index contributed by atoms with van der Waals surface area (Å²) in [5, 5.41) is 15.8. The first-order chi connectivity index (χ1) is 19.9.